The molecule has 1 aliphatic heterocycles. The van der Waals surface area contributed by atoms with Crippen LogP contribution in [0.4, 0.5) is 0 Å². The van der Waals surface area contributed by atoms with Crippen molar-refractivity contribution in [2.45, 2.75) is 6.42 Å². The molecule has 0 amide bonds. The molecule has 0 spiro atoms. The molecule has 23 heavy (non-hydrogen) atoms. The van der Waals surface area contributed by atoms with E-state index in [1.807, 2.05) is 31.7 Å². The molecule has 2 aromatic heterocycles. The number of nitrogens with one attached hydrogen (secondary N) is 1. The van der Waals surface area contributed by atoms with Crippen molar-refractivity contribution in [3.8, 4) is 11.1 Å². The molecule has 1 aliphatic rings. The van der Waals surface area contributed by atoms with Crippen LogP contribution in [0.5, 0.6) is 0 Å². The van der Waals surface area contributed by atoms with Gasteiger partial charge in [-0.25, -0.2) is 0 Å². The van der Waals surface area contributed by atoms with Crippen LogP contribution in [-0.2, 0) is 18.3 Å². The van der Waals surface area contributed by atoms with Crippen molar-refractivity contribution in [3.63, 3.8) is 0 Å². The number of benzene rings is 1. The number of aromatic nitrogens is 3. The van der Waals surface area contributed by atoms with E-state index in [-0.39, 0.29) is 11.7 Å². The van der Waals surface area contributed by atoms with Gasteiger partial charge in [-0.2, -0.15) is 5.10 Å². The molecule has 5 heteroatoms. The molecule has 1 fully saturated rings. The lowest BCUT2D eigenvalue weighted by molar-refractivity contribution is -0.123. The van der Waals surface area contributed by atoms with Crippen molar-refractivity contribution >= 4 is 16.6 Å². The van der Waals surface area contributed by atoms with Crippen LogP contribution >= 0.6 is 0 Å². The lowest BCUT2D eigenvalue weighted by Gasteiger charge is -2.25. The molecular weight excluding hydrogens is 288 g/mol. The minimum atomic E-state index is 0.161. The zero-order valence-corrected chi connectivity index (χ0v) is 13.0. The van der Waals surface area contributed by atoms with Crippen molar-refractivity contribution in [2.75, 3.05) is 13.1 Å². The fourth-order valence-corrected chi connectivity index (χ4v) is 2.87. The Hall–Kier alpha value is -2.53. The van der Waals surface area contributed by atoms with E-state index in [2.05, 4.69) is 33.6 Å². The smallest absolute Gasteiger partial charge is 0.144 e. The molecule has 4 rings (SSSR count). The van der Waals surface area contributed by atoms with E-state index in [1.165, 1.54) is 0 Å². The molecule has 3 aromatic rings. The molecule has 1 N–H and O–H groups in total. The fourth-order valence-electron chi connectivity index (χ4n) is 2.87. The summed E-state index contributed by atoms with van der Waals surface area (Å²) < 4.78 is 1.79. The molecular formula is C18H18N4O. The van der Waals surface area contributed by atoms with Crippen LogP contribution in [0.15, 0.2) is 42.9 Å². The van der Waals surface area contributed by atoms with Gasteiger partial charge in [-0.1, -0.05) is 12.1 Å². The molecule has 5 nitrogen and oxygen atoms in total. The fraction of sp³-hybridized carbons (Fsp3) is 0.278. The van der Waals surface area contributed by atoms with Gasteiger partial charge in [-0.15, -0.1) is 0 Å². The van der Waals surface area contributed by atoms with E-state index in [0.717, 1.165) is 40.7 Å². The van der Waals surface area contributed by atoms with Gasteiger partial charge in [0.25, 0.3) is 0 Å². The Labute approximate surface area is 134 Å². The maximum absolute atomic E-state index is 12.1. The van der Waals surface area contributed by atoms with Gasteiger partial charge in [0.15, 0.2) is 0 Å². The highest BCUT2D eigenvalue weighted by Crippen LogP contribution is 2.24. The molecule has 0 aliphatic carbocycles. The summed E-state index contributed by atoms with van der Waals surface area (Å²) in [5.74, 6) is 0.438. The number of nitrogens with zero attached hydrogens (tertiary/aromatic N) is 3. The number of hydrogen-bond donors (Lipinski definition) is 1. The third-order valence-electron chi connectivity index (χ3n) is 4.41. The Morgan fingerprint density at radius 1 is 1.22 bits per heavy atom. The normalized spacial score (nSPS) is 14.8. The van der Waals surface area contributed by atoms with Gasteiger partial charge >= 0.3 is 0 Å². The summed E-state index contributed by atoms with van der Waals surface area (Å²) in [5, 5.41) is 9.54. The van der Waals surface area contributed by atoms with Gasteiger partial charge in [-0.05, 0) is 23.1 Å². The number of pyridine rings is 1. The van der Waals surface area contributed by atoms with Crippen molar-refractivity contribution in [1.82, 2.24) is 20.1 Å². The molecule has 1 aromatic carbocycles. The first kappa shape index (κ1) is 14.1. The van der Waals surface area contributed by atoms with Gasteiger partial charge in [-0.3, -0.25) is 14.5 Å². The highest BCUT2D eigenvalue weighted by Gasteiger charge is 2.24. The standard InChI is InChI=1S/C18H18N4O/c1-22-11-16(10-21-22)12-2-3-13-9-20-17(5-14(13)4-12)6-18(23)15-7-19-8-15/h2-5,9-11,15,19H,6-8H2,1H3. The number of rotatable bonds is 4. The van der Waals surface area contributed by atoms with Gasteiger partial charge in [0, 0.05) is 61.5 Å². The minimum absolute atomic E-state index is 0.161. The minimum Gasteiger partial charge on any atom is -0.315 e. The van der Waals surface area contributed by atoms with Crippen LogP contribution < -0.4 is 5.32 Å². The topological polar surface area (TPSA) is 59.8 Å². The third-order valence-corrected chi connectivity index (χ3v) is 4.41. The molecule has 3 heterocycles. The zero-order valence-electron chi connectivity index (χ0n) is 13.0. The van der Waals surface area contributed by atoms with Crippen LogP contribution in [0.2, 0.25) is 0 Å². The molecule has 0 saturated carbocycles. The first-order valence-corrected chi connectivity index (χ1v) is 7.80. The number of aryl methyl sites for hydroxylation is 1. The number of carbonyl (C=O) groups is 1. The largest absolute Gasteiger partial charge is 0.315 e. The summed E-state index contributed by atoms with van der Waals surface area (Å²) in [6.45, 7) is 1.61. The van der Waals surface area contributed by atoms with E-state index < -0.39 is 0 Å². The molecule has 0 atom stereocenters. The lowest BCUT2D eigenvalue weighted by Crippen LogP contribution is -2.47. The molecule has 0 bridgehead atoms. The lowest BCUT2D eigenvalue weighted by atomic mass is 9.94. The summed E-state index contributed by atoms with van der Waals surface area (Å²) in [4.78, 5) is 16.6. The van der Waals surface area contributed by atoms with Crippen LogP contribution in [0.3, 0.4) is 0 Å². The van der Waals surface area contributed by atoms with E-state index in [4.69, 9.17) is 0 Å². The van der Waals surface area contributed by atoms with Crippen molar-refractivity contribution < 1.29 is 4.79 Å². The molecule has 116 valence electrons. The SMILES string of the molecule is Cn1cc(-c2ccc3cnc(CC(=O)C4CNC4)cc3c2)cn1. The van der Waals surface area contributed by atoms with E-state index >= 15 is 0 Å². The van der Waals surface area contributed by atoms with E-state index in [1.54, 1.807) is 4.68 Å². The van der Waals surface area contributed by atoms with Crippen molar-refractivity contribution in [1.29, 1.82) is 0 Å². The second-order valence-electron chi connectivity index (χ2n) is 6.14. The zero-order chi connectivity index (χ0) is 15.8. The average Bonchev–Trinajstić information content (AvgIpc) is 2.91. The van der Waals surface area contributed by atoms with Crippen LogP contribution in [0, 0.1) is 5.92 Å². The highest BCUT2D eigenvalue weighted by atomic mass is 16.1. The van der Waals surface area contributed by atoms with Crippen molar-refractivity contribution in [3.05, 3.63) is 48.5 Å². The highest BCUT2D eigenvalue weighted by molar-refractivity contribution is 5.89. The Bertz CT molecular complexity index is 880. The van der Waals surface area contributed by atoms with Crippen LogP contribution in [-0.4, -0.2) is 33.6 Å². The number of hydrogen-bond acceptors (Lipinski definition) is 4. The molecule has 1 saturated heterocycles. The Kier molecular flexibility index (Phi) is 3.42. The first-order valence-electron chi connectivity index (χ1n) is 7.80. The second kappa shape index (κ2) is 5.59. The molecule has 0 radical (unpaired) electrons. The monoisotopic (exact) mass is 306 g/mol. The first-order chi connectivity index (χ1) is 11.2. The van der Waals surface area contributed by atoms with Crippen molar-refractivity contribution in [2.24, 2.45) is 13.0 Å². The summed E-state index contributed by atoms with van der Waals surface area (Å²) >= 11 is 0. The summed E-state index contributed by atoms with van der Waals surface area (Å²) in [6, 6.07) is 8.30. The average molecular weight is 306 g/mol. The van der Waals surface area contributed by atoms with Crippen LogP contribution in [0.25, 0.3) is 21.9 Å². The number of Topliss-reactive ketones (excluding diaryl/α,β-unsaturated/α-hetero) is 1. The van der Waals surface area contributed by atoms with Crippen LogP contribution in [0.1, 0.15) is 5.69 Å². The predicted octanol–water partition coefficient (Wildman–Crippen LogP) is 1.97. The maximum atomic E-state index is 12.1. The maximum Gasteiger partial charge on any atom is 0.144 e. The second-order valence-corrected chi connectivity index (χ2v) is 6.14. The third kappa shape index (κ3) is 2.75. The quantitative estimate of drug-likeness (QED) is 0.800. The Morgan fingerprint density at radius 3 is 2.78 bits per heavy atom. The Balaban J connectivity index is 1.65. The van der Waals surface area contributed by atoms with Gasteiger partial charge in [0.05, 0.1) is 6.20 Å². The van der Waals surface area contributed by atoms with Gasteiger partial charge < -0.3 is 5.32 Å². The predicted molar refractivity (Wildman–Crippen MR) is 89.0 cm³/mol. The number of carbonyl (C=O) groups excluding carboxylic acids is 1. The van der Waals surface area contributed by atoms with Gasteiger partial charge in [0.1, 0.15) is 5.78 Å². The summed E-state index contributed by atoms with van der Waals surface area (Å²) in [7, 11) is 1.91. The van der Waals surface area contributed by atoms with Gasteiger partial charge in [0.2, 0.25) is 0 Å². The Morgan fingerprint density at radius 2 is 2.09 bits per heavy atom. The summed E-state index contributed by atoms with van der Waals surface area (Å²) in [5.41, 5.74) is 3.05. The molecule has 0 unspecified atom stereocenters. The summed E-state index contributed by atoms with van der Waals surface area (Å²) in [6.07, 6.45) is 6.12. The van der Waals surface area contributed by atoms with E-state index in [9.17, 15) is 4.79 Å². The number of fused-ring (bicyclic) bond motifs is 1. The van der Waals surface area contributed by atoms with E-state index in [0.29, 0.717) is 6.42 Å². The number of ketones is 1.